The molecule has 0 spiro atoms. The molecule has 5 heteroatoms. The summed E-state index contributed by atoms with van der Waals surface area (Å²) in [4.78, 5) is 10.8. The van der Waals surface area contributed by atoms with E-state index in [0.29, 0.717) is 22.9 Å². The van der Waals surface area contributed by atoms with Gasteiger partial charge in [0, 0.05) is 10.0 Å². The van der Waals surface area contributed by atoms with Gasteiger partial charge in [-0.1, -0.05) is 29.3 Å². The molecule has 1 unspecified atom stereocenters. The molecule has 0 aliphatic carbocycles. The Morgan fingerprint density at radius 2 is 2.19 bits per heavy atom. The van der Waals surface area contributed by atoms with Crippen molar-refractivity contribution in [3.8, 4) is 0 Å². The molecule has 1 aromatic carbocycles. The van der Waals surface area contributed by atoms with Crippen LogP contribution in [-0.4, -0.2) is 24.2 Å². The molecule has 0 amide bonds. The maximum Gasteiger partial charge on any atom is 0.320 e. The summed E-state index contributed by atoms with van der Waals surface area (Å²) in [5.74, 6) is -0.854. The van der Waals surface area contributed by atoms with Crippen LogP contribution >= 0.6 is 23.2 Å². The first-order chi connectivity index (χ1) is 7.54. The van der Waals surface area contributed by atoms with Crippen LogP contribution in [0.2, 0.25) is 10.0 Å². The molecule has 1 aromatic rings. The number of rotatable bonds is 5. The Morgan fingerprint density at radius 3 is 2.69 bits per heavy atom. The highest BCUT2D eigenvalue weighted by molar-refractivity contribution is 6.35. The maximum absolute atomic E-state index is 10.8. The van der Waals surface area contributed by atoms with E-state index in [0.717, 1.165) is 5.56 Å². The normalized spacial score (nSPS) is 12.4. The summed E-state index contributed by atoms with van der Waals surface area (Å²) in [6.45, 7) is 0. The maximum atomic E-state index is 10.8. The Kier molecular flexibility index (Phi) is 5.06. The summed E-state index contributed by atoms with van der Waals surface area (Å²) in [5, 5.41) is 12.7. The molecule has 16 heavy (non-hydrogen) atoms. The topological polar surface area (TPSA) is 49.3 Å². The molecule has 0 saturated carbocycles. The van der Waals surface area contributed by atoms with Gasteiger partial charge in [-0.3, -0.25) is 4.79 Å². The van der Waals surface area contributed by atoms with E-state index in [9.17, 15) is 4.79 Å². The van der Waals surface area contributed by atoms with Crippen molar-refractivity contribution in [2.24, 2.45) is 0 Å². The summed E-state index contributed by atoms with van der Waals surface area (Å²) < 4.78 is 0. The van der Waals surface area contributed by atoms with Gasteiger partial charge in [0.2, 0.25) is 0 Å². The molecule has 0 saturated heterocycles. The number of benzene rings is 1. The van der Waals surface area contributed by atoms with Crippen molar-refractivity contribution in [1.82, 2.24) is 5.32 Å². The average Bonchev–Trinajstić information content (AvgIpc) is 2.21. The fourth-order valence-corrected chi connectivity index (χ4v) is 1.92. The predicted molar refractivity (Wildman–Crippen MR) is 65.3 cm³/mol. The van der Waals surface area contributed by atoms with Crippen LogP contribution in [0, 0.1) is 0 Å². The van der Waals surface area contributed by atoms with Crippen molar-refractivity contribution >= 4 is 29.2 Å². The van der Waals surface area contributed by atoms with Crippen molar-refractivity contribution in [2.45, 2.75) is 18.9 Å². The highest BCUT2D eigenvalue weighted by Gasteiger charge is 2.14. The minimum absolute atomic E-state index is 0.493. The monoisotopic (exact) mass is 261 g/mol. The molecule has 3 nitrogen and oxygen atoms in total. The molecule has 0 radical (unpaired) electrons. The van der Waals surface area contributed by atoms with E-state index in [2.05, 4.69) is 5.32 Å². The Labute approximate surface area is 104 Å². The number of hydrogen-bond acceptors (Lipinski definition) is 2. The van der Waals surface area contributed by atoms with Gasteiger partial charge in [0.05, 0.1) is 0 Å². The third-order valence-electron chi connectivity index (χ3n) is 2.36. The average molecular weight is 262 g/mol. The fourth-order valence-electron chi connectivity index (χ4n) is 1.42. The Hall–Kier alpha value is -0.770. The molecule has 88 valence electrons. The molecule has 0 heterocycles. The largest absolute Gasteiger partial charge is 0.480 e. The smallest absolute Gasteiger partial charge is 0.320 e. The minimum Gasteiger partial charge on any atom is -0.480 e. The van der Waals surface area contributed by atoms with Crippen LogP contribution in [0.3, 0.4) is 0 Å². The lowest BCUT2D eigenvalue weighted by atomic mass is 10.1. The van der Waals surface area contributed by atoms with Gasteiger partial charge in [-0.25, -0.2) is 0 Å². The number of carboxylic acids is 1. The first-order valence-electron chi connectivity index (χ1n) is 4.88. The van der Waals surface area contributed by atoms with Crippen molar-refractivity contribution in [1.29, 1.82) is 0 Å². The molecule has 1 rings (SSSR count). The van der Waals surface area contributed by atoms with Gasteiger partial charge in [-0.15, -0.1) is 0 Å². The van der Waals surface area contributed by atoms with E-state index in [1.807, 2.05) is 6.07 Å². The number of likely N-dealkylation sites (N-methyl/N-ethyl adjacent to an activating group) is 1. The van der Waals surface area contributed by atoms with Crippen molar-refractivity contribution in [2.75, 3.05) is 7.05 Å². The van der Waals surface area contributed by atoms with Crippen LogP contribution in [0.25, 0.3) is 0 Å². The molecule has 0 aliphatic heterocycles. The highest BCUT2D eigenvalue weighted by atomic mass is 35.5. The van der Waals surface area contributed by atoms with E-state index >= 15 is 0 Å². The molecule has 0 aliphatic rings. The summed E-state index contributed by atoms with van der Waals surface area (Å²) in [6, 6.07) is 4.68. The Morgan fingerprint density at radius 1 is 1.50 bits per heavy atom. The summed E-state index contributed by atoms with van der Waals surface area (Å²) in [6.07, 6.45) is 1.10. The Bertz CT molecular complexity index is 382. The second-order valence-electron chi connectivity index (χ2n) is 3.45. The standard InChI is InChI=1S/C11H13Cl2NO2/c1-14-10(11(15)16)5-3-7-2-4-8(12)6-9(7)13/h2,4,6,10,14H,3,5H2,1H3,(H,15,16). The fraction of sp³-hybridized carbons (Fsp3) is 0.364. The van der Waals surface area contributed by atoms with E-state index in [4.69, 9.17) is 28.3 Å². The zero-order valence-electron chi connectivity index (χ0n) is 8.84. The van der Waals surface area contributed by atoms with Crippen LogP contribution in [0.4, 0.5) is 0 Å². The molecular formula is C11H13Cl2NO2. The van der Waals surface area contributed by atoms with E-state index in [1.54, 1.807) is 19.2 Å². The van der Waals surface area contributed by atoms with Crippen LogP contribution in [0.5, 0.6) is 0 Å². The van der Waals surface area contributed by atoms with Crippen molar-refractivity contribution in [3.05, 3.63) is 33.8 Å². The summed E-state index contributed by atoms with van der Waals surface area (Å²) in [7, 11) is 1.63. The lowest BCUT2D eigenvalue weighted by molar-refractivity contribution is -0.139. The van der Waals surface area contributed by atoms with E-state index in [-0.39, 0.29) is 0 Å². The van der Waals surface area contributed by atoms with Gasteiger partial charge >= 0.3 is 5.97 Å². The minimum atomic E-state index is -0.854. The zero-order valence-corrected chi connectivity index (χ0v) is 10.3. The number of nitrogens with one attached hydrogen (secondary N) is 1. The predicted octanol–water partition coefficient (Wildman–Crippen LogP) is 2.60. The number of carboxylic acid groups (broad SMARTS) is 1. The van der Waals surface area contributed by atoms with Crippen molar-refractivity contribution in [3.63, 3.8) is 0 Å². The molecule has 1 atom stereocenters. The number of hydrogen-bond donors (Lipinski definition) is 2. The zero-order chi connectivity index (χ0) is 12.1. The third kappa shape index (κ3) is 3.67. The van der Waals surface area contributed by atoms with Crippen molar-refractivity contribution < 1.29 is 9.90 Å². The number of aliphatic carboxylic acids is 1. The number of carbonyl (C=O) groups is 1. The van der Waals surface area contributed by atoms with Gasteiger partial charge in [0.1, 0.15) is 6.04 Å². The van der Waals surface area contributed by atoms with Gasteiger partial charge in [0.25, 0.3) is 0 Å². The first-order valence-corrected chi connectivity index (χ1v) is 5.64. The third-order valence-corrected chi connectivity index (χ3v) is 2.95. The van der Waals surface area contributed by atoms with E-state index in [1.165, 1.54) is 0 Å². The second kappa shape index (κ2) is 6.09. The number of aryl methyl sites for hydroxylation is 1. The highest BCUT2D eigenvalue weighted by Crippen LogP contribution is 2.22. The van der Waals surface area contributed by atoms with E-state index < -0.39 is 12.0 Å². The summed E-state index contributed by atoms with van der Waals surface area (Å²) >= 11 is 11.7. The van der Waals surface area contributed by atoms with Crippen LogP contribution in [-0.2, 0) is 11.2 Å². The van der Waals surface area contributed by atoms with Gasteiger partial charge in [-0.05, 0) is 37.6 Å². The number of halogens is 2. The molecule has 2 N–H and O–H groups in total. The lowest BCUT2D eigenvalue weighted by Gasteiger charge is -2.11. The molecule has 0 aromatic heterocycles. The molecule has 0 bridgehead atoms. The SMILES string of the molecule is CNC(CCc1ccc(Cl)cc1Cl)C(=O)O. The van der Waals surface area contributed by atoms with Gasteiger partial charge in [-0.2, -0.15) is 0 Å². The quantitative estimate of drug-likeness (QED) is 0.857. The second-order valence-corrected chi connectivity index (χ2v) is 4.30. The van der Waals surface area contributed by atoms with Crippen LogP contribution in [0.1, 0.15) is 12.0 Å². The lowest BCUT2D eigenvalue weighted by Crippen LogP contribution is -2.34. The van der Waals surface area contributed by atoms with Gasteiger partial charge in [0.15, 0.2) is 0 Å². The Balaban J connectivity index is 2.63. The molecular weight excluding hydrogens is 249 g/mol. The van der Waals surface area contributed by atoms with Crippen LogP contribution < -0.4 is 5.32 Å². The first kappa shape index (κ1) is 13.3. The van der Waals surface area contributed by atoms with Crippen LogP contribution in [0.15, 0.2) is 18.2 Å². The van der Waals surface area contributed by atoms with Gasteiger partial charge < -0.3 is 10.4 Å². The summed E-state index contributed by atoms with van der Waals surface area (Å²) in [5.41, 5.74) is 0.910. The molecule has 0 fully saturated rings.